The van der Waals surface area contributed by atoms with Crippen molar-refractivity contribution in [2.75, 3.05) is 5.32 Å². The highest BCUT2D eigenvalue weighted by Crippen LogP contribution is 2.27. The first-order chi connectivity index (χ1) is 11.0. The number of hydrogen-bond donors (Lipinski definition) is 1. The number of amides is 1. The maximum Gasteiger partial charge on any atom is 0.258 e. The highest BCUT2D eigenvalue weighted by atomic mass is 127. The summed E-state index contributed by atoms with van der Waals surface area (Å²) in [5.41, 5.74) is 2.16. The van der Waals surface area contributed by atoms with Gasteiger partial charge in [0.1, 0.15) is 0 Å². The Morgan fingerprint density at radius 3 is 2.61 bits per heavy atom. The highest BCUT2D eigenvalue weighted by molar-refractivity contribution is 14.1. The minimum absolute atomic E-state index is 0.273. The fraction of sp³-hybridized carbons (Fsp3) is 0. The van der Waals surface area contributed by atoms with Gasteiger partial charge in [-0.15, -0.1) is 11.3 Å². The maximum atomic E-state index is 12.3. The lowest BCUT2D eigenvalue weighted by molar-refractivity contribution is 0.102. The number of rotatable bonds is 3. The Morgan fingerprint density at radius 1 is 1.13 bits per heavy atom. The topological polar surface area (TPSA) is 42.0 Å². The molecule has 23 heavy (non-hydrogen) atoms. The molecule has 0 fully saturated rings. The van der Waals surface area contributed by atoms with Gasteiger partial charge in [-0.3, -0.25) is 10.1 Å². The minimum Gasteiger partial charge on any atom is -0.298 e. The summed E-state index contributed by atoms with van der Waals surface area (Å²) >= 11 is 15.5. The summed E-state index contributed by atoms with van der Waals surface area (Å²) in [7, 11) is 0. The van der Waals surface area contributed by atoms with Crippen molar-refractivity contribution < 1.29 is 4.79 Å². The summed E-state index contributed by atoms with van der Waals surface area (Å²) in [6.45, 7) is 0. The van der Waals surface area contributed by atoms with Gasteiger partial charge in [-0.25, -0.2) is 4.98 Å². The largest absolute Gasteiger partial charge is 0.298 e. The molecule has 0 aliphatic rings. The number of halogens is 3. The second-order valence-corrected chi connectivity index (χ2v) is 7.57. The summed E-state index contributed by atoms with van der Waals surface area (Å²) < 4.78 is 0.943. The van der Waals surface area contributed by atoms with Crippen molar-refractivity contribution in [3.8, 4) is 11.3 Å². The van der Waals surface area contributed by atoms with Crippen LogP contribution in [0.5, 0.6) is 0 Å². The molecule has 0 bridgehead atoms. The molecule has 1 amide bonds. The summed E-state index contributed by atoms with van der Waals surface area (Å²) in [6.07, 6.45) is 0. The quantitative estimate of drug-likeness (QED) is 0.475. The Labute approximate surface area is 160 Å². The van der Waals surface area contributed by atoms with Crippen molar-refractivity contribution in [3.05, 3.63) is 67.0 Å². The van der Waals surface area contributed by atoms with Crippen LogP contribution >= 0.6 is 57.1 Å². The van der Waals surface area contributed by atoms with Gasteiger partial charge < -0.3 is 0 Å². The first kappa shape index (κ1) is 16.7. The third kappa shape index (κ3) is 4.03. The van der Waals surface area contributed by atoms with Crippen molar-refractivity contribution >= 4 is 68.2 Å². The predicted octanol–water partition coefficient (Wildman–Crippen LogP) is 5.97. The molecule has 1 aromatic heterocycles. The average molecular weight is 475 g/mol. The van der Waals surface area contributed by atoms with Gasteiger partial charge in [-0.05, 0) is 52.9 Å². The number of hydrogen-bond acceptors (Lipinski definition) is 3. The number of aromatic nitrogens is 1. The highest BCUT2D eigenvalue weighted by Gasteiger charge is 2.13. The maximum absolute atomic E-state index is 12.3. The lowest BCUT2D eigenvalue weighted by Crippen LogP contribution is -2.12. The number of nitrogens with one attached hydrogen (secondary N) is 1. The molecule has 116 valence electrons. The van der Waals surface area contributed by atoms with E-state index in [2.05, 4.69) is 32.9 Å². The van der Waals surface area contributed by atoms with Gasteiger partial charge in [0.25, 0.3) is 5.91 Å². The average Bonchev–Trinajstić information content (AvgIpc) is 2.99. The fourth-order valence-electron chi connectivity index (χ4n) is 1.92. The SMILES string of the molecule is O=C(Nc1nc(-c2ccc(Cl)cc2)cs1)c1cc(I)ccc1Cl. The predicted molar refractivity (Wildman–Crippen MR) is 105 cm³/mol. The second kappa shape index (κ2) is 7.17. The van der Waals surface area contributed by atoms with Gasteiger partial charge in [0, 0.05) is 19.5 Å². The monoisotopic (exact) mass is 474 g/mol. The Balaban J connectivity index is 1.80. The van der Waals surface area contributed by atoms with E-state index in [1.807, 2.05) is 23.6 Å². The summed E-state index contributed by atoms with van der Waals surface area (Å²) in [6, 6.07) is 12.7. The van der Waals surface area contributed by atoms with E-state index in [4.69, 9.17) is 23.2 Å². The number of anilines is 1. The normalized spacial score (nSPS) is 10.6. The number of thiazole rings is 1. The van der Waals surface area contributed by atoms with E-state index < -0.39 is 0 Å². The lowest BCUT2D eigenvalue weighted by Gasteiger charge is -2.04. The zero-order valence-corrected chi connectivity index (χ0v) is 16.0. The molecule has 0 unspecified atom stereocenters. The molecule has 2 aromatic carbocycles. The molecule has 1 heterocycles. The molecule has 3 nitrogen and oxygen atoms in total. The molecule has 7 heteroatoms. The van der Waals surface area contributed by atoms with Crippen molar-refractivity contribution in [1.82, 2.24) is 4.98 Å². The Bertz CT molecular complexity index is 865. The van der Waals surface area contributed by atoms with E-state index in [0.29, 0.717) is 20.7 Å². The molecule has 0 atom stereocenters. The Kier molecular flexibility index (Phi) is 5.21. The molecule has 0 radical (unpaired) electrons. The molecular formula is C16H9Cl2IN2OS. The Morgan fingerprint density at radius 2 is 1.87 bits per heavy atom. The van der Waals surface area contributed by atoms with Gasteiger partial charge >= 0.3 is 0 Å². The molecule has 0 aliphatic heterocycles. The molecule has 0 aliphatic carbocycles. The van der Waals surface area contributed by atoms with E-state index in [0.717, 1.165) is 14.8 Å². The van der Waals surface area contributed by atoms with Crippen molar-refractivity contribution in [2.24, 2.45) is 0 Å². The lowest BCUT2D eigenvalue weighted by atomic mass is 10.2. The molecule has 1 N–H and O–H groups in total. The van der Waals surface area contributed by atoms with Crippen LogP contribution in [0.1, 0.15) is 10.4 Å². The molecule has 0 spiro atoms. The van der Waals surface area contributed by atoms with Crippen molar-refractivity contribution in [2.45, 2.75) is 0 Å². The fourth-order valence-corrected chi connectivity index (χ4v) is 3.46. The standard InChI is InChI=1S/C16H9Cl2IN2OS/c17-10-3-1-9(2-4-10)14-8-23-16(20-14)21-15(22)12-7-11(19)5-6-13(12)18/h1-8H,(H,20,21,22). The van der Waals surface area contributed by atoms with E-state index in [1.165, 1.54) is 11.3 Å². The van der Waals surface area contributed by atoms with Crippen LogP contribution in [0.4, 0.5) is 5.13 Å². The zero-order chi connectivity index (χ0) is 16.4. The van der Waals surface area contributed by atoms with E-state index in [9.17, 15) is 4.79 Å². The number of carbonyl (C=O) groups is 1. The van der Waals surface area contributed by atoms with E-state index in [-0.39, 0.29) is 5.91 Å². The molecule has 3 aromatic rings. The molecule has 3 rings (SSSR count). The number of benzene rings is 2. The summed E-state index contributed by atoms with van der Waals surface area (Å²) in [5, 5.41) is 6.28. The third-order valence-corrected chi connectivity index (χ3v) is 5.05. The van der Waals surface area contributed by atoms with Crippen LogP contribution < -0.4 is 5.32 Å². The molecule has 0 saturated carbocycles. The van der Waals surface area contributed by atoms with Gasteiger partial charge in [-0.1, -0.05) is 35.3 Å². The van der Waals surface area contributed by atoms with Crippen LogP contribution in [-0.4, -0.2) is 10.9 Å². The molecule has 0 saturated heterocycles. The first-order valence-corrected chi connectivity index (χ1v) is 9.22. The summed E-state index contributed by atoms with van der Waals surface area (Å²) in [5.74, 6) is -0.273. The van der Waals surface area contributed by atoms with Gasteiger partial charge in [0.2, 0.25) is 0 Å². The third-order valence-electron chi connectivity index (χ3n) is 3.04. The van der Waals surface area contributed by atoms with Gasteiger partial charge in [-0.2, -0.15) is 0 Å². The number of carbonyl (C=O) groups excluding carboxylic acids is 1. The van der Waals surface area contributed by atoms with Crippen LogP contribution in [0.2, 0.25) is 10.0 Å². The van der Waals surface area contributed by atoms with E-state index >= 15 is 0 Å². The smallest absolute Gasteiger partial charge is 0.258 e. The van der Waals surface area contributed by atoms with Crippen LogP contribution in [0.3, 0.4) is 0 Å². The van der Waals surface area contributed by atoms with Gasteiger partial charge in [0.15, 0.2) is 5.13 Å². The number of nitrogens with zero attached hydrogens (tertiary/aromatic N) is 1. The van der Waals surface area contributed by atoms with Crippen molar-refractivity contribution in [3.63, 3.8) is 0 Å². The van der Waals surface area contributed by atoms with Crippen LogP contribution in [-0.2, 0) is 0 Å². The van der Waals surface area contributed by atoms with Gasteiger partial charge in [0.05, 0.1) is 16.3 Å². The van der Waals surface area contributed by atoms with Crippen LogP contribution in [0, 0.1) is 3.57 Å². The second-order valence-electron chi connectivity index (χ2n) is 4.62. The first-order valence-electron chi connectivity index (χ1n) is 6.51. The minimum atomic E-state index is -0.273. The van der Waals surface area contributed by atoms with Crippen molar-refractivity contribution in [1.29, 1.82) is 0 Å². The molecular weight excluding hydrogens is 466 g/mol. The Hall–Kier alpha value is -1.15. The van der Waals surface area contributed by atoms with Crippen LogP contribution in [0.15, 0.2) is 47.8 Å². The summed E-state index contributed by atoms with van der Waals surface area (Å²) in [4.78, 5) is 16.8. The zero-order valence-electron chi connectivity index (χ0n) is 11.5. The van der Waals surface area contributed by atoms with Crippen LogP contribution in [0.25, 0.3) is 11.3 Å². The van der Waals surface area contributed by atoms with E-state index in [1.54, 1.807) is 24.3 Å².